The van der Waals surface area contributed by atoms with Gasteiger partial charge in [0.15, 0.2) is 0 Å². The van der Waals surface area contributed by atoms with Crippen molar-refractivity contribution in [3.63, 3.8) is 0 Å². The van der Waals surface area contributed by atoms with Crippen LogP contribution in [0, 0.1) is 6.92 Å². The summed E-state index contributed by atoms with van der Waals surface area (Å²) >= 11 is 3.41. The third kappa shape index (κ3) is 4.39. The standard InChI is InChI=1S/C14H16BrN5O2/c1-3-6-22-12-5-4-11(15)7-10(12)8-16-19-14-17-13(21)9(2)18-20-14/h4-5,7-8H,3,6H2,1-2H3,(H2,17,19,20,21)/b16-8-. The zero-order valence-corrected chi connectivity index (χ0v) is 13.8. The Balaban J connectivity index is 2.13. The van der Waals surface area contributed by atoms with Crippen molar-refractivity contribution in [2.24, 2.45) is 5.10 Å². The van der Waals surface area contributed by atoms with Crippen LogP contribution in [-0.2, 0) is 0 Å². The number of hydrogen-bond acceptors (Lipinski definition) is 6. The van der Waals surface area contributed by atoms with Crippen molar-refractivity contribution in [1.29, 1.82) is 0 Å². The molecule has 116 valence electrons. The van der Waals surface area contributed by atoms with E-state index in [0.717, 1.165) is 22.2 Å². The largest absolute Gasteiger partial charge is 0.493 e. The molecule has 1 aromatic carbocycles. The highest BCUT2D eigenvalue weighted by molar-refractivity contribution is 9.10. The molecule has 0 unspecified atom stereocenters. The lowest BCUT2D eigenvalue weighted by atomic mass is 10.2. The molecule has 8 heteroatoms. The van der Waals surface area contributed by atoms with Gasteiger partial charge in [0.05, 0.1) is 12.8 Å². The molecule has 0 bridgehead atoms. The minimum Gasteiger partial charge on any atom is -0.493 e. The SMILES string of the molecule is CCCOc1ccc(Br)cc1/C=N\Nc1nnc(C)c(=O)[nH]1. The Hall–Kier alpha value is -2.22. The van der Waals surface area contributed by atoms with Gasteiger partial charge in [0, 0.05) is 10.0 Å². The smallest absolute Gasteiger partial charge is 0.274 e. The summed E-state index contributed by atoms with van der Waals surface area (Å²) in [5.41, 5.74) is 3.44. The quantitative estimate of drug-likeness (QED) is 0.605. The second-order valence-corrected chi connectivity index (χ2v) is 5.40. The van der Waals surface area contributed by atoms with E-state index in [1.165, 1.54) is 0 Å². The summed E-state index contributed by atoms with van der Waals surface area (Å²) in [6, 6.07) is 5.66. The van der Waals surface area contributed by atoms with Crippen molar-refractivity contribution < 1.29 is 4.74 Å². The Bertz CT molecular complexity index is 729. The summed E-state index contributed by atoms with van der Waals surface area (Å²) in [6.45, 7) is 4.25. The van der Waals surface area contributed by atoms with Gasteiger partial charge in [-0.05, 0) is 31.5 Å². The van der Waals surface area contributed by atoms with E-state index >= 15 is 0 Å². The highest BCUT2D eigenvalue weighted by Gasteiger charge is 2.03. The normalized spacial score (nSPS) is 10.9. The van der Waals surface area contributed by atoms with E-state index < -0.39 is 0 Å². The summed E-state index contributed by atoms with van der Waals surface area (Å²) in [6.07, 6.45) is 2.51. The number of nitrogens with zero attached hydrogens (tertiary/aromatic N) is 3. The molecule has 22 heavy (non-hydrogen) atoms. The molecule has 1 aromatic heterocycles. The fraction of sp³-hybridized carbons (Fsp3) is 0.286. The van der Waals surface area contributed by atoms with Crippen LogP contribution < -0.4 is 15.7 Å². The summed E-state index contributed by atoms with van der Waals surface area (Å²) in [4.78, 5) is 13.9. The molecule has 0 fully saturated rings. The van der Waals surface area contributed by atoms with Gasteiger partial charge in [-0.15, -0.1) is 10.2 Å². The first kappa shape index (κ1) is 16.2. The molecule has 0 amide bonds. The average Bonchev–Trinajstić information content (AvgIpc) is 2.50. The van der Waals surface area contributed by atoms with Crippen LogP contribution in [0.25, 0.3) is 0 Å². The van der Waals surface area contributed by atoms with Crippen molar-refractivity contribution in [2.45, 2.75) is 20.3 Å². The molecule has 0 radical (unpaired) electrons. The van der Waals surface area contributed by atoms with E-state index in [0.29, 0.717) is 12.3 Å². The highest BCUT2D eigenvalue weighted by Crippen LogP contribution is 2.22. The minimum absolute atomic E-state index is 0.179. The van der Waals surface area contributed by atoms with Gasteiger partial charge < -0.3 is 4.74 Å². The lowest BCUT2D eigenvalue weighted by Crippen LogP contribution is -2.15. The molecule has 0 spiro atoms. The maximum Gasteiger partial charge on any atom is 0.274 e. The zero-order valence-electron chi connectivity index (χ0n) is 12.3. The van der Waals surface area contributed by atoms with Crippen LogP contribution in [0.4, 0.5) is 5.95 Å². The number of nitrogens with one attached hydrogen (secondary N) is 2. The number of aromatic nitrogens is 3. The number of aryl methyl sites for hydroxylation is 1. The number of halogens is 1. The number of ether oxygens (including phenoxy) is 1. The number of hydrazone groups is 1. The third-order valence-corrected chi connectivity index (χ3v) is 3.16. The first-order valence-electron chi connectivity index (χ1n) is 6.75. The lowest BCUT2D eigenvalue weighted by molar-refractivity contribution is 0.317. The Labute approximate surface area is 135 Å². The zero-order chi connectivity index (χ0) is 15.9. The van der Waals surface area contributed by atoms with Gasteiger partial charge >= 0.3 is 0 Å². The molecule has 0 aliphatic rings. The van der Waals surface area contributed by atoms with Gasteiger partial charge in [-0.2, -0.15) is 5.10 Å². The van der Waals surface area contributed by atoms with Crippen LogP contribution >= 0.6 is 15.9 Å². The molecule has 2 aromatic rings. The van der Waals surface area contributed by atoms with E-state index in [4.69, 9.17) is 4.74 Å². The van der Waals surface area contributed by atoms with Crippen molar-refractivity contribution in [1.82, 2.24) is 15.2 Å². The number of H-pyrrole nitrogens is 1. The van der Waals surface area contributed by atoms with Gasteiger partial charge in [-0.3, -0.25) is 9.78 Å². The number of rotatable bonds is 6. The van der Waals surface area contributed by atoms with E-state index in [2.05, 4.69) is 41.6 Å². The van der Waals surface area contributed by atoms with Crippen LogP contribution in [-0.4, -0.2) is 28.0 Å². The molecule has 0 atom stereocenters. The topological polar surface area (TPSA) is 92.3 Å². The number of benzene rings is 1. The Kier molecular flexibility index (Phi) is 5.65. The number of hydrogen-bond donors (Lipinski definition) is 2. The second-order valence-electron chi connectivity index (χ2n) is 4.49. The predicted octanol–water partition coefficient (Wildman–Crippen LogP) is 2.47. The van der Waals surface area contributed by atoms with E-state index in [-0.39, 0.29) is 11.5 Å². The Morgan fingerprint density at radius 3 is 3.00 bits per heavy atom. The second kappa shape index (κ2) is 7.69. The van der Waals surface area contributed by atoms with Crippen molar-refractivity contribution in [3.8, 4) is 5.75 Å². The maximum atomic E-state index is 11.4. The fourth-order valence-electron chi connectivity index (χ4n) is 1.57. The van der Waals surface area contributed by atoms with E-state index in [1.807, 2.05) is 25.1 Å². The van der Waals surface area contributed by atoms with Gasteiger partial charge in [-0.1, -0.05) is 22.9 Å². The van der Waals surface area contributed by atoms with Gasteiger partial charge in [0.1, 0.15) is 11.4 Å². The number of anilines is 1. The van der Waals surface area contributed by atoms with Gasteiger partial charge in [-0.25, -0.2) is 5.43 Å². The molecular weight excluding hydrogens is 350 g/mol. The van der Waals surface area contributed by atoms with E-state index in [1.54, 1.807) is 13.1 Å². The van der Waals surface area contributed by atoms with Crippen LogP contribution in [0.5, 0.6) is 5.75 Å². The average molecular weight is 366 g/mol. The van der Waals surface area contributed by atoms with Crippen molar-refractivity contribution in [2.75, 3.05) is 12.0 Å². The molecule has 0 saturated heterocycles. The molecule has 0 aliphatic carbocycles. The first-order valence-corrected chi connectivity index (χ1v) is 7.54. The highest BCUT2D eigenvalue weighted by atomic mass is 79.9. The Morgan fingerprint density at radius 1 is 1.45 bits per heavy atom. The molecule has 0 aliphatic heterocycles. The molecule has 1 heterocycles. The predicted molar refractivity (Wildman–Crippen MR) is 88.5 cm³/mol. The summed E-state index contributed by atoms with van der Waals surface area (Å²) in [5.74, 6) is 0.914. The minimum atomic E-state index is -0.304. The molecule has 2 rings (SSSR count). The van der Waals surface area contributed by atoms with E-state index in [9.17, 15) is 4.79 Å². The summed E-state index contributed by atoms with van der Waals surface area (Å²) in [5, 5.41) is 11.5. The molecule has 0 saturated carbocycles. The lowest BCUT2D eigenvalue weighted by Gasteiger charge is -2.08. The molecule has 2 N–H and O–H groups in total. The molecule has 7 nitrogen and oxygen atoms in total. The summed E-state index contributed by atoms with van der Waals surface area (Å²) in [7, 11) is 0. The van der Waals surface area contributed by atoms with Crippen molar-refractivity contribution >= 4 is 28.1 Å². The van der Waals surface area contributed by atoms with Crippen LogP contribution in [0.15, 0.2) is 32.6 Å². The van der Waals surface area contributed by atoms with Crippen LogP contribution in [0.1, 0.15) is 24.6 Å². The fourth-order valence-corrected chi connectivity index (χ4v) is 1.95. The first-order chi connectivity index (χ1) is 10.6. The van der Waals surface area contributed by atoms with Crippen LogP contribution in [0.3, 0.4) is 0 Å². The maximum absolute atomic E-state index is 11.4. The molecular formula is C14H16BrN5O2. The van der Waals surface area contributed by atoms with Gasteiger partial charge in [0.2, 0.25) is 5.95 Å². The number of aromatic amines is 1. The Morgan fingerprint density at radius 2 is 2.27 bits per heavy atom. The van der Waals surface area contributed by atoms with Crippen molar-refractivity contribution in [3.05, 3.63) is 44.3 Å². The third-order valence-electron chi connectivity index (χ3n) is 2.67. The van der Waals surface area contributed by atoms with Gasteiger partial charge in [0.25, 0.3) is 5.56 Å². The monoisotopic (exact) mass is 365 g/mol. The summed E-state index contributed by atoms with van der Waals surface area (Å²) < 4.78 is 6.57. The van der Waals surface area contributed by atoms with Crippen LogP contribution in [0.2, 0.25) is 0 Å².